The fourth-order valence-corrected chi connectivity index (χ4v) is 4.89. The van der Waals surface area contributed by atoms with Crippen molar-refractivity contribution in [2.24, 2.45) is 0 Å². The number of amides is 3. The molecule has 2 aliphatic rings. The van der Waals surface area contributed by atoms with Crippen LogP contribution in [0.15, 0.2) is 72.8 Å². The third kappa shape index (κ3) is 4.62. The second-order valence-electron chi connectivity index (χ2n) is 9.06. The Morgan fingerprint density at radius 3 is 2.19 bits per heavy atom. The summed E-state index contributed by atoms with van der Waals surface area (Å²) in [7, 11) is 1.55. The molecule has 36 heavy (non-hydrogen) atoms. The summed E-state index contributed by atoms with van der Waals surface area (Å²) in [6.07, 6.45) is 0.358. The van der Waals surface area contributed by atoms with E-state index in [1.165, 1.54) is 4.90 Å². The van der Waals surface area contributed by atoms with Crippen LogP contribution in [0.1, 0.15) is 26.3 Å². The van der Waals surface area contributed by atoms with E-state index in [1.54, 1.807) is 13.2 Å². The highest BCUT2D eigenvalue weighted by molar-refractivity contribution is 6.23. The first-order chi connectivity index (χ1) is 17.6. The van der Waals surface area contributed by atoms with E-state index in [1.807, 2.05) is 47.4 Å². The van der Waals surface area contributed by atoms with Gasteiger partial charge in [-0.2, -0.15) is 0 Å². The molecule has 0 radical (unpaired) electrons. The van der Waals surface area contributed by atoms with Gasteiger partial charge in [0.1, 0.15) is 0 Å². The van der Waals surface area contributed by atoms with Gasteiger partial charge < -0.3 is 14.5 Å². The number of carbonyl (C=O) groups is 3. The minimum absolute atomic E-state index is 0.0948. The highest BCUT2D eigenvalue weighted by atomic mass is 16.5. The number of imide groups is 1. The summed E-state index contributed by atoms with van der Waals surface area (Å²) in [5.41, 5.74) is 4.92. The van der Waals surface area contributed by atoms with Crippen molar-refractivity contribution in [2.45, 2.75) is 6.42 Å². The van der Waals surface area contributed by atoms with Gasteiger partial charge in [-0.3, -0.25) is 19.3 Å². The Balaban J connectivity index is 1.21. The molecule has 3 amide bonds. The molecule has 184 valence electrons. The van der Waals surface area contributed by atoms with Crippen LogP contribution in [0.25, 0.3) is 11.1 Å². The van der Waals surface area contributed by atoms with E-state index in [-0.39, 0.29) is 24.3 Å². The number of fused-ring (bicyclic) bond motifs is 1. The normalized spacial score (nSPS) is 15.4. The van der Waals surface area contributed by atoms with Crippen LogP contribution in [-0.2, 0) is 16.0 Å². The Labute approximate surface area is 210 Å². The maximum atomic E-state index is 13.0. The van der Waals surface area contributed by atoms with Gasteiger partial charge in [0.15, 0.2) is 0 Å². The first-order valence-electron chi connectivity index (χ1n) is 12.2. The SMILES string of the molecule is COCCN1C(=O)c2cccc(N3CCN(C(=O)Cc4ccc(-c5ccccc5)cc4)CC3)c2C1=O. The van der Waals surface area contributed by atoms with Crippen LogP contribution in [-0.4, -0.2) is 74.0 Å². The van der Waals surface area contributed by atoms with Gasteiger partial charge in [-0.15, -0.1) is 0 Å². The second-order valence-corrected chi connectivity index (χ2v) is 9.06. The van der Waals surface area contributed by atoms with Crippen LogP contribution in [0.4, 0.5) is 5.69 Å². The molecular weight excluding hydrogens is 454 g/mol. The molecule has 7 heteroatoms. The highest BCUT2D eigenvalue weighted by Crippen LogP contribution is 2.32. The molecular formula is C29H29N3O4. The lowest BCUT2D eigenvalue weighted by Crippen LogP contribution is -2.49. The Morgan fingerprint density at radius 2 is 1.50 bits per heavy atom. The Bertz CT molecular complexity index is 1270. The molecule has 7 nitrogen and oxygen atoms in total. The summed E-state index contributed by atoms with van der Waals surface area (Å²) in [6.45, 7) is 2.89. The third-order valence-corrected chi connectivity index (χ3v) is 6.89. The van der Waals surface area contributed by atoms with Gasteiger partial charge in [0.05, 0.1) is 36.4 Å². The average Bonchev–Trinajstić information content (AvgIpc) is 3.17. The lowest BCUT2D eigenvalue weighted by Gasteiger charge is -2.36. The minimum atomic E-state index is -0.278. The molecule has 0 N–H and O–H groups in total. The van der Waals surface area contributed by atoms with Gasteiger partial charge in [0.25, 0.3) is 11.8 Å². The van der Waals surface area contributed by atoms with Crippen molar-refractivity contribution in [1.29, 1.82) is 0 Å². The Morgan fingerprint density at radius 1 is 0.806 bits per heavy atom. The number of hydrogen-bond donors (Lipinski definition) is 0. The van der Waals surface area contributed by atoms with E-state index in [2.05, 4.69) is 29.2 Å². The number of nitrogens with zero attached hydrogens (tertiary/aromatic N) is 3. The van der Waals surface area contributed by atoms with Crippen LogP contribution in [0.2, 0.25) is 0 Å². The van der Waals surface area contributed by atoms with E-state index in [0.717, 1.165) is 22.4 Å². The number of hydrogen-bond acceptors (Lipinski definition) is 5. The van der Waals surface area contributed by atoms with Crippen molar-refractivity contribution in [2.75, 3.05) is 51.3 Å². The van der Waals surface area contributed by atoms with E-state index in [4.69, 9.17) is 4.74 Å². The average molecular weight is 484 g/mol. The molecule has 1 fully saturated rings. The van der Waals surface area contributed by atoms with Crippen LogP contribution < -0.4 is 4.90 Å². The first kappa shape index (κ1) is 23.8. The maximum absolute atomic E-state index is 13.0. The summed E-state index contributed by atoms with van der Waals surface area (Å²) < 4.78 is 5.05. The Kier molecular flexibility index (Phi) is 6.82. The summed E-state index contributed by atoms with van der Waals surface area (Å²) >= 11 is 0. The quantitative estimate of drug-likeness (QED) is 0.481. The first-order valence-corrected chi connectivity index (χ1v) is 12.2. The fourth-order valence-electron chi connectivity index (χ4n) is 4.89. The predicted molar refractivity (Wildman–Crippen MR) is 138 cm³/mol. The summed E-state index contributed by atoms with van der Waals surface area (Å²) in [5.74, 6) is -0.460. The molecule has 0 spiro atoms. The largest absolute Gasteiger partial charge is 0.383 e. The summed E-state index contributed by atoms with van der Waals surface area (Å²) in [4.78, 5) is 44.0. The number of piperazine rings is 1. The van der Waals surface area contributed by atoms with Crippen molar-refractivity contribution in [3.8, 4) is 11.1 Å². The molecule has 0 aromatic heterocycles. The van der Waals surface area contributed by atoms with Crippen LogP contribution in [0.5, 0.6) is 0 Å². The Hall–Kier alpha value is -3.97. The number of benzene rings is 3. The summed E-state index contributed by atoms with van der Waals surface area (Å²) in [5, 5.41) is 0. The van der Waals surface area contributed by atoms with Gasteiger partial charge in [0, 0.05) is 33.3 Å². The monoisotopic (exact) mass is 483 g/mol. The van der Waals surface area contributed by atoms with Crippen molar-refractivity contribution >= 4 is 23.4 Å². The van der Waals surface area contributed by atoms with Gasteiger partial charge in [-0.25, -0.2) is 0 Å². The minimum Gasteiger partial charge on any atom is -0.383 e. The lowest BCUT2D eigenvalue weighted by molar-refractivity contribution is -0.130. The van der Waals surface area contributed by atoms with E-state index in [0.29, 0.717) is 50.3 Å². The van der Waals surface area contributed by atoms with Crippen LogP contribution in [0, 0.1) is 0 Å². The summed E-state index contributed by atoms with van der Waals surface area (Å²) in [6, 6.07) is 23.7. The zero-order valence-electron chi connectivity index (χ0n) is 20.4. The smallest absolute Gasteiger partial charge is 0.263 e. The molecule has 0 bridgehead atoms. The lowest BCUT2D eigenvalue weighted by atomic mass is 10.0. The number of anilines is 1. The maximum Gasteiger partial charge on any atom is 0.263 e. The molecule has 0 unspecified atom stereocenters. The van der Waals surface area contributed by atoms with Crippen molar-refractivity contribution < 1.29 is 19.1 Å². The van der Waals surface area contributed by atoms with Gasteiger partial charge in [-0.05, 0) is 28.8 Å². The molecule has 0 saturated carbocycles. The van der Waals surface area contributed by atoms with Crippen molar-refractivity contribution in [3.63, 3.8) is 0 Å². The zero-order valence-corrected chi connectivity index (χ0v) is 20.4. The van der Waals surface area contributed by atoms with Crippen molar-refractivity contribution in [3.05, 3.63) is 89.5 Å². The van der Waals surface area contributed by atoms with Gasteiger partial charge in [-0.1, -0.05) is 60.7 Å². The molecule has 3 aromatic carbocycles. The standard InChI is InChI=1S/C29H29N3O4/c1-36-19-18-32-28(34)24-8-5-9-25(27(24)29(32)35)30-14-16-31(17-15-30)26(33)20-21-10-12-23(13-11-21)22-6-3-2-4-7-22/h2-13H,14-20H2,1H3. The molecule has 3 aromatic rings. The molecule has 0 atom stereocenters. The number of methoxy groups -OCH3 is 1. The zero-order chi connectivity index (χ0) is 25.1. The number of rotatable bonds is 7. The van der Waals surface area contributed by atoms with E-state index < -0.39 is 0 Å². The molecule has 2 aliphatic heterocycles. The third-order valence-electron chi connectivity index (χ3n) is 6.89. The molecule has 1 saturated heterocycles. The van der Waals surface area contributed by atoms with Gasteiger partial charge in [0.2, 0.25) is 5.91 Å². The van der Waals surface area contributed by atoms with E-state index >= 15 is 0 Å². The number of carbonyl (C=O) groups excluding carboxylic acids is 3. The molecule has 5 rings (SSSR count). The van der Waals surface area contributed by atoms with Crippen molar-refractivity contribution in [1.82, 2.24) is 9.80 Å². The molecule has 0 aliphatic carbocycles. The molecule has 2 heterocycles. The topological polar surface area (TPSA) is 70.2 Å². The highest BCUT2D eigenvalue weighted by Gasteiger charge is 2.38. The van der Waals surface area contributed by atoms with Gasteiger partial charge >= 0.3 is 0 Å². The van der Waals surface area contributed by atoms with E-state index in [9.17, 15) is 14.4 Å². The van der Waals surface area contributed by atoms with Crippen LogP contribution in [0.3, 0.4) is 0 Å². The second kappa shape index (κ2) is 10.3. The fraction of sp³-hybridized carbons (Fsp3) is 0.276. The predicted octanol–water partition coefficient (Wildman–Crippen LogP) is 3.49. The van der Waals surface area contributed by atoms with Crippen LogP contribution >= 0.6 is 0 Å². The number of ether oxygens (including phenoxy) is 1.